The number of guanidine groups is 1. The zero-order valence-corrected chi connectivity index (χ0v) is 16.8. The third kappa shape index (κ3) is 6.39. The minimum Gasteiger partial charge on any atom is -0.468 e. The highest BCUT2D eigenvalue weighted by Crippen LogP contribution is 2.24. The van der Waals surface area contributed by atoms with E-state index in [1.54, 1.807) is 13.3 Å². The summed E-state index contributed by atoms with van der Waals surface area (Å²) < 4.78 is 11.4. The summed E-state index contributed by atoms with van der Waals surface area (Å²) in [7, 11) is 1.79. The Morgan fingerprint density at radius 1 is 1.11 bits per heavy atom. The molecule has 1 atom stereocenters. The molecule has 1 aliphatic rings. The van der Waals surface area contributed by atoms with Crippen LogP contribution in [0.3, 0.4) is 0 Å². The highest BCUT2D eigenvalue weighted by molar-refractivity contribution is 5.79. The maximum atomic E-state index is 5.73. The molecule has 2 N–H and O–H groups in total. The van der Waals surface area contributed by atoms with Crippen molar-refractivity contribution in [3.05, 3.63) is 60.1 Å². The number of furan rings is 1. The first-order valence-electron chi connectivity index (χ1n) is 10.2. The Morgan fingerprint density at radius 2 is 1.93 bits per heavy atom. The molecule has 152 valence electrons. The summed E-state index contributed by atoms with van der Waals surface area (Å²) in [5.41, 5.74) is 1.19. The van der Waals surface area contributed by atoms with Crippen molar-refractivity contribution in [1.29, 1.82) is 0 Å². The van der Waals surface area contributed by atoms with Gasteiger partial charge in [0.05, 0.1) is 25.5 Å². The summed E-state index contributed by atoms with van der Waals surface area (Å²) >= 11 is 0. The minimum absolute atomic E-state index is 0.225. The molecule has 0 bridgehead atoms. The zero-order chi connectivity index (χ0) is 19.4. The molecule has 2 heterocycles. The van der Waals surface area contributed by atoms with Crippen LogP contribution in [0.25, 0.3) is 0 Å². The van der Waals surface area contributed by atoms with Crippen LogP contribution < -0.4 is 10.6 Å². The van der Waals surface area contributed by atoms with Crippen molar-refractivity contribution in [3.8, 4) is 0 Å². The van der Waals surface area contributed by atoms with E-state index in [0.29, 0.717) is 19.8 Å². The van der Waals surface area contributed by atoms with E-state index >= 15 is 0 Å². The van der Waals surface area contributed by atoms with Crippen molar-refractivity contribution in [2.24, 2.45) is 4.99 Å². The van der Waals surface area contributed by atoms with E-state index in [-0.39, 0.29) is 6.04 Å². The van der Waals surface area contributed by atoms with Crippen LogP contribution in [0.5, 0.6) is 0 Å². The van der Waals surface area contributed by atoms with Gasteiger partial charge in [-0.15, -0.1) is 0 Å². The standard InChI is InChI=1S/C22H32N4O2/c1-23-22(24-12-16-27-18-19-9-4-2-5-10-19)25-17-20(21-11-8-15-28-21)26-13-6-3-7-14-26/h2,4-5,8-11,15,20H,3,6-7,12-14,16-18H2,1H3,(H2,23,24,25). The summed E-state index contributed by atoms with van der Waals surface area (Å²) in [6.45, 7) is 4.96. The van der Waals surface area contributed by atoms with Gasteiger partial charge in [-0.1, -0.05) is 36.8 Å². The summed E-state index contributed by atoms with van der Waals surface area (Å²) in [6, 6.07) is 14.5. The van der Waals surface area contributed by atoms with Crippen molar-refractivity contribution in [2.45, 2.75) is 31.9 Å². The van der Waals surface area contributed by atoms with Crippen molar-refractivity contribution >= 4 is 5.96 Å². The largest absolute Gasteiger partial charge is 0.468 e. The fourth-order valence-corrected chi connectivity index (χ4v) is 3.54. The molecular formula is C22H32N4O2. The van der Waals surface area contributed by atoms with Gasteiger partial charge >= 0.3 is 0 Å². The Bertz CT molecular complexity index is 682. The predicted octanol–water partition coefficient (Wildman–Crippen LogP) is 3.19. The average molecular weight is 385 g/mol. The van der Waals surface area contributed by atoms with Gasteiger partial charge in [0.1, 0.15) is 5.76 Å². The number of ether oxygens (including phenoxy) is 1. The molecule has 1 aromatic carbocycles. The van der Waals surface area contributed by atoms with Crippen LogP contribution in [-0.4, -0.2) is 50.7 Å². The fourth-order valence-electron chi connectivity index (χ4n) is 3.54. The van der Waals surface area contributed by atoms with E-state index in [1.165, 1.54) is 24.8 Å². The van der Waals surface area contributed by atoms with Crippen molar-refractivity contribution in [3.63, 3.8) is 0 Å². The Labute approximate surface area is 168 Å². The van der Waals surface area contributed by atoms with E-state index in [4.69, 9.17) is 9.15 Å². The molecule has 6 heteroatoms. The monoisotopic (exact) mass is 384 g/mol. The van der Waals surface area contributed by atoms with Crippen molar-refractivity contribution in [1.82, 2.24) is 15.5 Å². The lowest BCUT2D eigenvalue weighted by atomic mass is 10.1. The molecule has 1 aromatic heterocycles. The van der Waals surface area contributed by atoms with Gasteiger partial charge in [-0.3, -0.25) is 9.89 Å². The highest BCUT2D eigenvalue weighted by Gasteiger charge is 2.24. The molecular weight excluding hydrogens is 352 g/mol. The molecule has 28 heavy (non-hydrogen) atoms. The summed E-state index contributed by atoms with van der Waals surface area (Å²) in [6.07, 6.45) is 5.58. The fraction of sp³-hybridized carbons (Fsp3) is 0.500. The highest BCUT2D eigenvalue weighted by atomic mass is 16.5. The first kappa shape index (κ1) is 20.4. The van der Waals surface area contributed by atoms with Crippen LogP contribution in [0.2, 0.25) is 0 Å². The predicted molar refractivity (Wildman–Crippen MR) is 112 cm³/mol. The quantitative estimate of drug-likeness (QED) is 0.395. The van der Waals surface area contributed by atoms with E-state index in [1.807, 2.05) is 24.3 Å². The molecule has 6 nitrogen and oxygen atoms in total. The van der Waals surface area contributed by atoms with Gasteiger partial charge in [0.15, 0.2) is 5.96 Å². The molecule has 1 saturated heterocycles. The first-order valence-corrected chi connectivity index (χ1v) is 10.2. The van der Waals surface area contributed by atoms with Gasteiger partial charge in [-0.25, -0.2) is 0 Å². The van der Waals surface area contributed by atoms with Gasteiger partial charge in [-0.05, 0) is 43.6 Å². The molecule has 2 aromatic rings. The number of nitrogens with one attached hydrogen (secondary N) is 2. The van der Waals surface area contributed by atoms with Crippen LogP contribution in [-0.2, 0) is 11.3 Å². The first-order chi connectivity index (χ1) is 13.9. The zero-order valence-electron chi connectivity index (χ0n) is 16.8. The Morgan fingerprint density at radius 3 is 2.64 bits per heavy atom. The van der Waals surface area contributed by atoms with Crippen LogP contribution in [0.4, 0.5) is 0 Å². The van der Waals surface area contributed by atoms with Crippen molar-refractivity contribution in [2.75, 3.05) is 39.8 Å². The van der Waals surface area contributed by atoms with E-state index < -0.39 is 0 Å². The summed E-state index contributed by atoms with van der Waals surface area (Å²) in [4.78, 5) is 6.84. The molecule has 1 unspecified atom stereocenters. The molecule has 0 radical (unpaired) electrons. The number of piperidine rings is 1. The lowest BCUT2D eigenvalue weighted by molar-refractivity contribution is 0.125. The molecule has 1 aliphatic heterocycles. The number of hydrogen-bond acceptors (Lipinski definition) is 4. The molecule has 0 amide bonds. The van der Waals surface area contributed by atoms with Gasteiger partial charge < -0.3 is 19.8 Å². The maximum Gasteiger partial charge on any atom is 0.191 e. The molecule has 1 fully saturated rings. The molecule has 0 aliphatic carbocycles. The Kier molecular flexibility index (Phi) is 8.40. The van der Waals surface area contributed by atoms with E-state index in [2.05, 4.69) is 38.7 Å². The minimum atomic E-state index is 0.225. The van der Waals surface area contributed by atoms with Crippen LogP contribution in [0, 0.1) is 0 Å². The van der Waals surface area contributed by atoms with Crippen LogP contribution in [0.15, 0.2) is 58.1 Å². The number of nitrogens with zero attached hydrogens (tertiary/aromatic N) is 2. The topological polar surface area (TPSA) is 62.0 Å². The van der Waals surface area contributed by atoms with Crippen molar-refractivity contribution < 1.29 is 9.15 Å². The van der Waals surface area contributed by atoms with Crippen LogP contribution >= 0.6 is 0 Å². The molecule has 0 spiro atoms. The molecule has 3 rings (SSSR count). The van der Waals surface area contributed by atoms with Gasteiger partial charge in [0.25, 0.3) is 0 Å². The normalized spacial score (nSPS) is 16.7. The second-order valence-electron chi connectivity index (χ2n) is 7.05. The third-order valence-electron chi connectivity index (χ3n) is 5.04. The van der Waals surface area contributed by atoms with Gasteiger partial charge in [0, 0.05) is 20.1 Å². The Hall–Kier alpha value is -2.31. The summed E-state index contributed by atoms with van der Waals surface area (Å²) in [5.74, 6) is 1.80. The lowest BCUT2D eigenvalue weighted by Gasteiger charge is -2.33. The number of rotatable bonds is 9. The number of benzene rings is 1. The Balaban J connectivity index is 1.41. The van der Waals surface area contributed by atoms with Gasteiger partial charge in [0.2, 0.25) is 0 Å². The van der Waals surface area contributed by atoms with Gasteiger partial charge in [-0.2, -0.15) is 0 Å². The van der Waals surface area contributed by atoms with E-state index in [9.17, 15) is 0 Å². The third-order valence-corrected chi connectivity index (χ3v) is 5.04. The summed E-state index contributed by atoms with van der Waals surface area (Å²) in [5, 5.41) is 6.77. The molecule has 0 saturated carbocycles. The SMILES string of the molecule is CN=C(NCCOCc1ccccc1)NCC(c1ccco1)N1CCCCC1. The van der Waals surface area contributed by atoms with Crippen LogP contribution in [0.1, 0.15) is 36.6 Å². The number of aliphatic imine (C=N–C) groups is 1. The van der Waals surface area contributed by atoms with E-state index in [0.717, 1.165) is 31.4 Å². The number of hydrogen-bond donors (Lipinski definition) is 2. The smallest absolute Gasteiger partial charge is 0.191 e. The average Bonchev–Trinajstić information content (AvgIpc) is 3.28. The lowest BCUT2D eigenvalue weighted by Crippen LogP contribution is -2.45. The maximum absolute atomic E-state index is 5.73. The number of likely N-dealkylation sites (tertiary alicyclic amines) is 1. The second-order valence-corrected chi connectivity index (χ2v) is 7.05. The second kappa shape index (κ2) is 11.5.